The summed E-state index contributed by atoms with van der Waals surface area (Å²) in [6.07, 6.45) is -0.457. The molecule has 3 atom stereocenters. The van der Waals surface area contributed by atoms with Crippen molar-refractivity contribution in [2.24, 2.45) is 0 Å². The lowest BCUT2D eigenvalue weighted by molar-refractivity contribution is 0.0427. The summed E-state index contributed by atoms with van der Waals surface area (Å²) < 4.78 is 64.1. The Hall–Kier alpha value is -6.65. The number of ether oxygens (including phenoxy) is 5. The molecule has 1 N–H and O–H groups in total. The molecule has 0 aliphatic carbocycles. The van der Waals surface area contributed by atoms with Crippen molar-refractivity contribution in [1.82, 2.24) is 24.8 Å². The number of anilines is 3. The number of aromatic nitrogens is 4. The second kappa shape index (κ2) is 22.1. The Bertz CT molecular complexity index is 3170. The van der Waals surface area contributed by atoms with E-state index in [1.165, 1.54) is 6.20 Å². The van der Waals surface area contributed by atoms with Crippen molar-refractivity contribution in [3.63, 3.8) is 0 Å². The molecule has 79 heavy (non-hydrogen) atoms. The molecule has 3 aliphatic rings. The molecule has 6 heterocycles. The van der Waals surface area contributed by atoms with Gasteiger partial charge in [-0.05, 0) is 135 Å². The van der Waals surface area contributed by atoms with Gasteiger partial charge in [-0.1, -0.05) is 65.7 Å². The number of fused-ring (bicyclic) bond motifs is 2. The third-order valence-electron chi connectivity index (χ3n) is 15.0. The first-order valence-electron chi connectivity index (χ1n) is 27.6. The van der Waals surface area contributed by atoms with Gasteiger partial charge in [-0.25, -0.2) is 33.1 Å². The third kappa shape index (κ3) is 12.3. The van der Waals surface area contributed by atoms with E-state index in [-0.39, 0.29) is 72.8 Å². The topological polar surface area (TPSA) is 171 Å². The SMILES string of the molecule is CC(C)[Si](C#Cc1cccc2cc(NC(=O)OC(C)(C)C)cc(-c3nc4c5c(nc(OC[C@@]67CCCN6C[C@H](F)C7)nc5c3F)N([C@H](C)c3cccnc3N(C(=O)OC(C)(C)C)C(=O)OC(C)(C)C)CCO4)c12)(C(C)C)C(C)C. The Morgan fingerprint density at radius 1 is 0.861 bits per heavy atom. The van der Waals surface area contributed by atoms with Crippen molar-refractivity contribution in [3.05, 3.63) is 65.6 Å². The van der Waals surface area contributed by atoms with Crippen LogP contribution in [-0.2, 0) is 14.2 Å². The van der Waals surface area contributed by atoms with Gasteiger partial charge in [-0.15, -0.1) is 5.54 Å². The number of nitrogens with one attached hydrogen (secondary N) is 1. The Labute approximate surface area is 464 Å². The number of pyridine rings is 2. The molecule has 5 aromatic rings. The number of alkyl halides is 1. The molecule has 424 valence electrons. The van der Waals surface area contributed by atoms with E-state index >= 15 is 8.78 Å². The number of amides is 3. The summed E-state index contributed by atoms with van der Waals surface area (Å²) in [5.74, 6) is 2.91. The van der Waals surface area contributed by atoms with Gasteiger partial charge in [-0.2, -0.15) is 14.9 Å². The summed E-state index contributed by atoms with van der Waals surface area (Å²) >= 11 is 0. The minimum Gasteiger partial charge on any atom is -0.475 e. The molecule has 0 bridgehead atoms. The first kappa shape index (κ1) is 58.5. The van der Waals surface area contributed by atoms with Gasteiger partial charge in [0, 0.05) is 46.9 Å². The second-order valence-corrected chi connectivity index (χ2v) is 30.7. The lowest BCUT2D eigenvalue weighted by Gasteiger charge is -2.38. The van der Waals surface area contributed by atoms with Crippen LogP contribution in [0.15, 0.2) is 48.7 Å². The number of halogens is 2. The minimum atomic E-state index is -2.29. The smallest absolute Gasteiger partial charge is 0.425 e. The Morgan fingerprint density at radius 3 is 2.15 bits per heavy atom. The second-order valence-electron chi connectivity index (χ2n) is 25.1. The fraction of sp³-hybridized carbons (Fsp3) is 0.550. The molecular weight excluding hydrogens is 1030 g/mol. The van der Waals surface area contributed by atoms with Gasteiger partial charge >= 0.3 is 24.3 Å². The predicted octanol–water partition coefficient (Wildman–Crippen LogP) is 13.9. The minimum absolute atomic E-state index is 0.00148. The highest BCUT2D eigenvalue weighted by atomic mass is 28.3. The van der Waals surface area contributed by atoms with Crippen LogP contribution in [0.1, 0.15) is 147 Å². The molecular formula is C60H78F2N8O8Si. The summed E-state index contributed by atoms with van der Waals surface area (Å²) in [5.41, 5.74) is 2.79. The van der Waals surface area contributed by atoms with Crippen molar-refractivity contribution < 1.29 is 46.8 Å². The van der Waals surface area contributed by atoms with Crippen molar-refractivity contribution in [1.29, 1.82) is 0 Å². The Morgan fingerprint density at radius 2 is 1.52 bits per heavy atom. The number of carbonyl (C=O) groups is 3. The lowest BCUT2D eigenvalue weighted by atomic mass is 9.95. The van der Waals surface area contributed by atoms with E-state index in [0.717, 1.165) is 17.9 Å². The molecule has 8 rings (SSSR count). The Balaban J connectivity index is 1.37. The lowest BCUT2D eigenvalue weighted by Crippen LogP contribution is -2.45. The molecule has 0 saturated carbocycles. The molecule has 0 unspecified atom stereocenters. The molecule has 19 heteroatoms. The highest BCUT2D eigenvalue weighted by Crippen LogP contribution is 2.47. The van der Waals surface area contributed by atoms with Crippen molar-refractivity contribution in [2.45, 2.75) is 181 Å². The fourth-order valence-corrected chi connectivity index (χ4v) is 17.0. The van der Waals surface area contributed by atoms with E-state index in [9.17, 15) is 14.4 Å². The first-order chi connectivity index (χ1) is 36.9. The van der Waals surface area contributed by atoms with E-state index in [1.54, 1.807) is 86.6 Å². The summed E-state index contributed by atoms with van der Waals surface area (Å²) in [6, 6.07) is 11.6. The zero-order chi connectivity index (χ0) is 57.7. The summed E-state index contributed by atoms with van der Waals surface area (Å²) in [7, 11) is -2.29. The number of hydrogen-bond acceptors (Lipinski definition) is 14. The van der Waals surface area contributed by atoms with Gasteiger partial charge in [0.05, 0.1) is 18.1 Å². The van der Waals surface area contributed by atoms with Crippen LogP contribution in [0.3, 0.4) is 0 Å². The predicted molar refractivity (Wildman–Crippen MR) is 307 cm³/mol. The van der Waals surface area contributed by atoms with Crippen LogP contribution in [0.5, 0.6) is 11.9 Å². The molecule has 2 saturated heterocycles. The number of benzene rings is 2. The zero-order valence-electron chi connectivity index (χ0n) is 48.8. The maximum Gasteiger partial charge on any atom is 0.425 e. The summed E-state index contributed by atoms with van der Waals surface area (Å²) in [5, 5.41) is 4.25. The van der Waals surface area contributed by atoms with Crippen molar-refractivity contribution >= 4 is 65.4 Å². The summed E-state index contributed by atoms with van der Waals surface area (Å²) in [4.78, 5) is 65.8. The van der Waals surface area contributed by atoms with Crippen molar-refractivity contribution in [2.75, 3.05) is 48.0 Å². The maximum absolute atomic E-state index is 18.6. The highest BCUT2D eigenvalue weighted by molar-refractivity contribution is 6.90. The molecule has 0 radical (unpaired) electrons. The molecule has 3 aliphatic heterocycles. The largest absolute Gasteiger partial charge is 0.475 e. The number of rotatable bonds is 11. The van der Waals surface area contributed by atoms with Gasteiger partial charge in [0.15, 0.2) is 11.6 Å². The quantitative estimate of drug-likeness (QED) is 0.0752. The zero-order valence-corrected chi connectivity index (χ0v) is 49.8. The van der Waals surface area contributed by atoms with Gasteiger partial charge in [0.25, 0.3) is 0 Å². The third-order valence-corrected chi connectivity index (χ3v) is 21.3. The molecule has 16 nitrogen and oxygen atoms in total. The molecule has 0 spiro atoms. The van der Waals surface area contributed by atoms with Crippen LogP contribution < -0.4 is 24.6 Å². The summed E-state index contributed by atoms with van der Waals surface area (Å²) in [6.45, 7) is 31.9. The van der Waals surface area contributed by atoms with Crippen LogP contribution in [0.2, 0.25) is 16.6 Å². The van der Waals surface area contributed by atoms with Gasteiger partial charge in [0.2, 0.25) is 5.88 Å². The number of hydrogen-bond donors (Lipinski definition) is 1. The van der Waals surface area contributed by atoms with E-state index in [4.69, 9.17) is 38.6 Å². The van der Waals surface area contributed by atoms with E-state index in [0.29, 0.717) is 56.2 Å². The molecule has 2 aromatic carbocycles. The molecule has 3 aromatic heterocycles. The standard InChI is InChI=1S/C60H78F2N8O8Si/c1-35(2)79(36(3)4,37(5)6)29-23-39-20-17-21-40-30-42(64-54(71)76-57(8,9)10)31-44(45(39)40)48-47(62)49-46-51(67-53(66-49)75-34-60-24-19-26-68(60)33-41(61)32-60)69(27-28-74-52(46)65-48)38(7)43-22-18-25-63-50(43)70(55(72)77-58(11,12)13)56(73)78-59(14,15)16/h17-18,20-22,25,30-31,35-38,41H,19,24,26-28,32-34H2,1-16H3,(H,64,71)/t38-,41-,60+/m1/s1. The molecule has 3 amide bonds. The number of imide groups is 1. The van der Waals surface area contributed by atoms with Crippen LogP contribution in [-0.4, -0.2) is 113 Å². The number of nitrogens with zero attached hydrogens (tertiary/aromatic N) is 7. The van der Waals surface area contributed by atoms with Crippen LogP contribution in [0.4, 0.5) is 40.5 Å². The average Bonchev–Trinajstić information content (AvgIpc) is 4.06. The fourth-order valence-electron chi connectivity index (χ4n) is 11.8. The maximum atomic E-state index is 18.6. The Kier molecular flexibility index (Phi) is 16.4. The van der Waals surface area contributed by atoms with Gasteiger partial charge in [0.1, 0.15) is 66.7 Å². The number of carbonyl (C=O) groups excluding carboxylic acids is 3. The first-order valence-corrected chi connectivity index (χ1v) is 29.8. The molecule has 2 fully saturated rings. The van der Waals surface area contributed by atoms with Crippen LogP contribution in [0.25, 0.3) is 32.9 Å². The monoisotopic (exact) mass is 1100 g/mol. The normalized spacial score (nSPS) is 18.2. The average molecular weight is 1110 g/mol. The van der Waals surface area contributed by atoms with Gasteiger partial charge < -0.3 is 28.6 Å². The van der Waals surface area contributed by atoms with Crippen molar-refractivity contribution in [3.8, 4) is 34.6 Å². The van der Waals surface area contributed by atoms with E-state index < -0.39 is 66.7 Å². The van der Waals surface area contributed by atoms with E-state index in [2.05, 4.69) is 68.2 Å². The van der Waals surface area contributed by atoms with Gasteiger partial charge in [-0.3, -0.25) is 10.2 Å². The van der Waals surface area contributed by atoms with E-state index in [1.807, 2.05) is 30.0 Å². The highest BCUT2D eigenvalue weighted by Gasteiger charge is 2.50. The van der Waals surface area contributed by atoms with Crippen LogP contribution in [0, 0.1) is 17.3 Å². The van der Waals surface area contributed by atoms with Crippen LogP contribution >= 0.6 is 0 Å².